The Kier molecular flexibility index (Phi) is 4.52. The number of anilines is 1. The molecule has 0 fully saturated rings. The van der Waals surface area contributed by atoms with Crippen LogP contribution >= 0.6 is 0 Å². The molecule has 0 unspecified atom stereocenters. The summed E-state index contributed by atoms with van der Waals surface area (Å²) < 4.78 is 32.2. The summed E-state index contributed by atoms with van der Waals surface area (Å²) in [5.74, 6) is 0.756. The molecule has 0 saturated carbocycles. The van der Waals surface area contributed by atoms with Gasteiger partial charge in [0.05, 0.1) is 23.8 Å². The van der Waals surface area contributed by atoms with Gasteiger partial charge in [0.25, 0.3) is 0 Å². The molecule has 152 valence electrons. The zero-order chi connectivity index (χ0) is 20.9. The maximum atomic E-state index is 14.8. The number of imidazole rings is 1. The normalized spacial score (nSPS) is 12.4. The summed E-state index contributed by atoms with van der Waals surface area (Å²) >= 11 is 0. The summed E-state index contributed by atoms with van der Waals surface area (Å²) in [6.45, 7) is 9.06. The number of nitrogens with one attached hydrogen (secondary N) is 1. The number of nitrogens with zero attached hydrogens (tertiary/aromatic N) is 5. The smallest absolute Gasteiger partial charge is 0.241 e. The summed E-state index contributed by atoms with van der Waals surface area (Å²) in [6.07, 6.45) is 3.44. The standard InChI is InChI=1S/C21H24F2N6/c1-12(2)29-13(3)26-19-16(22)8-14(9-17(19)29)15-6-7-28-18(15)10-24-20(27-28)25-11-21(4,5)23/h6-10,12H,11H2,1-5H3,(H,25,27). The minimum atomic E-state index is -1.37. The molecule has 0 aliphatic rings. The molecule has 1 N–H and O–H groups in total. The van der Waals surface area contributed by atoms with Crippen molar-refractivity contribution in [3.63, 3.8) is 0 Å². The van der Waals surface area contributed by atoms with Crippen LogP contribution in [0.25, 0.3) is 27.7 Å². The molecule has 6 nitrogen and oxygen atoms in total. The molecular formula is C21H24F2N6. The number of benzene rings is 1. The highest BCUT2D eigenvalue weighted by atomic mass is 19.1. The maximum absolute atomic E-state index is 14.8. The van der Waals surface area contributed by atoms with E-state index in [0.717, 1.165) is 28.0 Å². The van der Waals surface area contributed by atoms with Crippen LogP contribution in [0, 0.1) is 12.7 Å². The van der Waals surface area contributed by atoms with Gasteiger partial charge >= 0.3 is 0 Å². The Balaban J connectivity index is 1.78. The van der Waals surface area contributed by atoms with Gasteiger partial charge in [-0.25, -0.2) is 23.3 Å². The lowest BCUT2D eigenvalue weighted by molar-refractivity contribution is 0.234. The van der Waals surface area contributed by atoms with E-state index < -0.39 is 5.67 Å². The van der Waals surface area contributed by atoms with Crippen LogP contribution in [0.4, 0.5) is 14.7 Å². The van der Waals surface area contributed by atoms with Crippen molar-refractivity contribution in [3.8, 4) is 11.1 Å². The van der Waals surface area contributed by atoms with Gasteiger partial charge in [-0.3, -0.25) is 0 Å². The Labute approximate surface area is 167 Å². The van der Waals surface area contributed by atoms with Crippen molar-refractivity contribution in [2.45, 2.75) is 46.3 Å². The maximum Gasteiger partial charge on any atom is 0.241 e. The van der Waals surface area contributed by atoms with Crippen molar-refractivity contribution in [2.24, 2.45) is 0 Å². The summed E-state index contributed by atoms with van der Waals surface area (Å²) in [5.41, 5.74) is 2.05. The molecule has 0 atom stereocenters. The monoisotopic (exact) mass is 398 g/mol. The van der Waals surface area contributed by atoms with Crippen molar-refractivity contribution in [2.75, 3.05) is 11.9 Å². The lowest BCUT2D eigenvalue weighted by Crippen LogP contribution is -2.25. The minimum absolute atomic E-state index is 0.104. The number of fused-ring (bicyclic) bond motifs is 2. The number of aromatic nitrogens is 5. The lowest BCUT2D eigenvalue weighted by atomic mass is 10.1. The van der Waals surface area contributed by atoms with Crippen LogP contribution in [0.1, 0.15) is 39.6 Å². The van der Waals surface area contributed by atoms with Gasteiger partial charge in [-0.15, -0.1) is 5.10 Å². The van der Waals surface area contributed by atoms with E-state index in [-0.39, 0.29) is 18.4 Å². The summed E-state index contributed by atoms with van der Waals surface area (Å²) in [5, 5.41) is 7.27. The third-order valence-corrected chi connectivity index (χ3v) is 4.84. The van der Waals surface area contributed by atoms with Gasteiger partial charge < -0.3 is 9.88 Å². The van der Waals surface area contributed by atoms with Crippen LogP contribution in [0.15, 0.2) is 30.6 Å². The fourth-order valence-corrected chi connectivity index (χ4v) is 3.59. The molecule has 0 spiro atoms. The summed E-state index contributed by atoms with van der Waals surface area (Å²) in [7, 11) is 0. The minimum Gasteiger partial charge on any atom is -0.350 e. The molecule has 3 heterocycles. The second-order valence-electron chi connectivity index (χ2n) is 8.16. The SMILES string of the molecule is Cc1nc2c(F)cc(-c3ccn4nc(NCC(C)(C)F)ncc34)cc2n1C(C)C. The topological polar surface area (TPSA) is 60.0 Å². The first-order valence-corrected chi connectivity index (χ1v) is 9.60. The largest absolute Gasteiger partial charge is 0.350 e. The van der Waals surface area contributed by atoms with Crippen molar-refractivity contribution in [1.82, 2.24) is 24.1 Å². The zero-order valence-electron chi connectivity index (χ0n) is 17.2. The first-order chi connectivity index (χ1) is 13.6. The molecule has 29 heavy (non-hydrogen) atoms. The van der Waals surface area contributed by atoms with Gasteiger partial charge in [0.1, 0.15) is 17.0 Å². The van der Waals surface area contributed by atoms with Gasteiger partial charge in [-0.1, -0.05) is 0 Å². The molecule has 1 aromatic carbocycles. The van der Waals surface area contributed by atoms with Crippen LogP contribution in [0.5, 0.6) is 0 Å². The van der Waals surface area contributed by atoms with Crippen LogP contribution < -0.4 is 5.32 Å². The molecule has 0 saturated heterocycles. The molecular weight excluding hydrogens is 374 g/mol. The van der Waals surface area contributed by atoms with E-state index in [4.69, 9.17) is 0 Å². The highest BCUT2D eigenvalue weighted by Crippen LogP contribution is 2.32. The quantitative estimate of drug-likeness (QED) is 0.518. The van der Waals surface area contributed by atoms with E-state index in [1.54, 1.807) is 16.9 Å². The van der Waals surface area contributed by atoms with Gasteiger partial charge in [0, 0.05) is 17.8 Å². The van der Waals surface area contributed by atoms with Gasteiger partial charge in [-0.2, -0.15) is 0 Å². The van der Waals surface area contributed by atoms with Crippen molar-refractivity contribution in [3.05, 3.63) is 42.2 Å². The van der Waals surface area contributed by atoms with Crippen molar-refractivity contribution >= 4 is 22.5 Å². The van der Waals surface area contributed by atoms with Gasteiger partial charge in [0.15, 0.2) is 5.82 Å². The van der Waals surface area contributed by atoms with E-state index in [1.807, 2.05) is 37.5 Å². The Morgan fingerprint density at radius 1 is 1.21 bits per heavy atom. The molecule has 0 aliphatic carbocycles. The lowest BCUT2D eigenvalue weighted by Gasteiger charge is -2.14. The van der Waals surface area contributed by atoms with E-state index >= 15 is 0 Å². The third-order valence-electron chi connectivity index (χ3n) is 4.84. The zero-order valence-corrected chi connectivity index (χ0v) is 17.2. The van der Waals surface area contributed by atoms with Crippen molar-refractivity contribution < 1.29 is 8.78 Å². The predicted octanol–water partition coefficient (Wildman–Crippen LogP) is 4.93. The highest BCUT2D eigenvalue weighted by Gasteiger charge is 2.18. The van der Waals surface area contributed by atoms with E-state index in [9.17, 15) is 8.78 Å². The molecule has 0 bridgehead atoms. The Hall–Kier alpha value is -3.03. The Morgan fingerprint density at radius 2 is 1.97 bits per heavy atom. The number of hydrogen-bond acceptors (Lipinski definition) is 4. The highest BCUT2D eigenvalue weighted by molar-refractivity contribution is 5.88. The van der Waals surface area contributed by atoms with Crippen LogP contribution in [-0.2, 0) is 0 Å². The van der Waals surface area contributed by atoms with Crippen LogP contribution in [0.2, 0.25) is 0 Å². The van der Waals surface area contributed by atoms with Gasteiger partial charge in [-0.05, 0) is 58.4 Å². The number of rotatable bonds is 5. The average molecular weight is 398 g/mol. The molecule has 0 radical (unpaired) electrons. The van der Waals surface area contributed by atoms with Crippen LogP contribution in [0.3, 0.4) is 0 Å². The number of aryl methyl sites for hydroxylation is 1. The second kappa shape index (κ2) is 6.79. The van der Waals surface area contributed by atoms with Crippen molar-refractivity contribution in [1.29, 1.82) is 0 Å². The predicted molar refractivity (Wildman–Crippen MR) is 110 cm³/mol. The van der Waals surface area contributed by atoms with E-state index in [2.05, 4.69) is 20.4 Å². The fraction of sp³-hybridized carbons (Fsp3) is 0.381. The average Bonchev–Trinajstić information content (AvgIpc) is 3.19. The summed E-state index contributed by atoms with van der Waals surface area (Å²) in [6, 6.07) is 5.48. The molecule has 0 amide bonds. The number of alkyl halides is 1. The van der Waals surface area contributed by atoms with E-state index in [0.29, 0.717) is 11.5 Å². The Bertz CT molecular complexity index is 1200. The van der Waals surface area contributed by atoms with Gasteiger partial charge in [0.2, 0.25) is 5.95 Å². The molecule has 8 heteroatoms. The van der Waals surface area contributed by atoms with E-state index in [1.165, 1.54) is 19.9 Å². The molecule has 0 aliphatic heterocycles. The molecule has 4 aromatic rings. The first-order valence-electron chi connectivity index (χ1n) is 9.60. The third kappa shape index (κ3) is 3.54. The number of halogens is 2. The van der Waals surface area contributed by atoms with Crippen LogP contribution in [-0.4, -0.2) is 36.4 Å². The Morgan fingerprint density at radius 3 is 2.66 bits per heavy atom. The second-order valence-corrected chi connectivity index (χ2v) is 8.16. The fourth-order valence-electron chi connectivity index (χ4n) is 3.59. The molecule has 4 rings (SSSR count). The molecule has 3 aromatic heterocycles. The first kappa shape index (κ1) is 19.3. The summed E-state index contributed by atoms with van der Waals surface area (Å²) in [4.78, 5) is 8.67. The number of hydrogen-bond donors (Lipinski definition) is 1.